The average molecular weight is 294 g/mol. The highest BCUT2D eigenvalue weighted by Gasteiger charge is 2.13. The molecular weight excluding hydrogens is 279 g/mol. The summed E-state index contributed by atoms with van der Waals surface area (Å²) >= 11 is 0. The molecule has 1 atom stereocenters. The molecule has 6 heteroatoms. The molecule has 0 radical (unpaired) electrons. The monoisotopic (exact) mass is 294 g/mol. The van der Waals surface area contributed by atoms with Gasteiger partial charge in [0.2, 0.25) is 10.0 Å². The second kappa shape index (κ2) is 5.60. The molecule has 2 rings (SSSR count). The Hall–Kier alpha value is -1.92. The van der Waals surface area contributed by atoms with E-state index in [1.807, 2.05) is 37.3 Å². The molecule has 0 saturated heterocycles. The van der Waals surface area contributed by atoms with E-state index in [0.29, 0.717) is 0 Å². The number of halogens is 1. The SMILES string of the molecule is CC(Nc1ccc(S(N)(=O)=O)cc1F)c1ccccc1. The van der Waals surface area contributed by atoms with Gasteiger partial charge in [-0.2, -0.15) is 0 Å². The number of anilines is 1. The molecule has 1 unspecified atom stereocenters. The van der Waals surface area contributed by atoms with Crippen molar-refractivity contribution in [3.05, 3.63) is 59.9 Å². The topological polar surface area (TPSA) is 72.2 Å². The lowest BCUT2D eigenvalue weighted by molar-refractivity contribution is 0.592. The molecule has 0 aliphatic carbocycles. The minimum Gasteiger partial charge on any atom is -0.376 e. The molecule has 0 heterocycles. The van der Waals surface area contributed by atoms with E-state index in [0.717, 1.165) is 11.6 Å². The van der Waals surface area contributed by atoms with Crippen LogP contribution in [0.3, 0.4) is 0 Å². The van der Waals surface area contributed by atoms with Gasteiger partial charge in [0, 0.05) is 6.04 Å². The van der Waals surface area contributed by atoms with Gasteiger partial charge in [0.1, 0.15) is 5.82 Å². The van der Waals surface area contributed by atoms with Crippen molar-refractivity contribution < 1.29 is 12.8 Å². The fourth-order valence-electron chi connectivity index (χ4n) is 1.85. The maximum Gasteiger partial charge on any atom is 0.238 e. The van der Waals surface area contributed by atoms with E-state index in [1.165, 1.54) is 12.1 Å². The molecule has 0 aliphatic heterocycles. The van der Waals surface area contributed by atoms with Crippen LogP contribution in [0.1, 0.15) is 18.5 Å². The zero-order valence-electron chi connectivity index (χ0n) is 10.9. The van der Waals surface area contributed by atoms with Crippen LogP contribution in [0.2, 0.25) is 0 Å². The van der Waals surface area contributed by atoms with Crippen molar-refractivity contribution >= 4 is 15.7 Å². The number of primary sulfonamides is 1. The molecule has 0 aliphatic rings. The fraction of sp³-hybridized carbons (Fsp3) is 0.143. The molecule has 0 amide bonds. The lowest BCUT2D eigenvalue weighted by Gasteiger charge is -2.16. The Kier molecular flexibility index (Phi) is 4.06. The van der Waals surface area contributed by atoms with E-state index >= 15 is 0 Å². The first-order chi connectivity index (χ1) is 9.38. The summed E-state index contributed by atoms with van der Waals surface area (Å²) in [6.45, 7) is 1.89. The number of hydrogen-bond donors (Lipinski definition) is 2. The summed E-state index contributed by atoms with van der Waals surface area (Å²) in [6, 6.07) is 13.0. The molecule has 20 heavy (non-hydrogen) atoms. The second-order valence-electron chi connectivity index (χ2n) is 4.46. The van der Waals surface area contributed by atoms with Crippen LogP contribution >= 0.6 is 0 Å². The predicted octanol–water partition coefficient (Wildman–Crippen LogP) is 2.65. The van der Waals surface area contributed by atoms with Gasteiger partial charge in [-0.05, 0) is 30.7 Å². The first-order valence-electron chi connectivity index (χ1n) is 6.02. The minimum absolute atomic E-state index is 0.106. The summed E-state index contributed by atoms with van der Waals surface area (Å²) in [6.07, 6.45) is 0. The lowest BCUT2D eigenvalue weighted by Crippen LogP contribution is -2.13. The van der Waals surface area contributed by atoms with Crippen LogP contribution in [0.5, 0.6) is 0 Å². The molecule has 2 aromatic carbocycles. The first-order valence-corrected chi connectivity index (χ1v) is 7.56. The Morgan fingerprint density at radius 1 is 1.15 bits per heavy atom. The lowest BCUT2D eigenvalue weighted by atomic mass is 10.1. The summed E-state index contributed by atoms with van der Waals surface area (Å²) in [5, 5.41) is 7.95. The van der Waals surface area contributed by atoms with E-state index in [1.54, 1.807) is 0 Å². The average Bonchev–Trinajstić information content (AvgIpc) is 2.41. The summed E-state index contributed by atoms with van der Waals surface area (Å²) in [4.78, 5) is -0.243. The summed E-state index contributed by atoms with van der Waals surface area (Å²) < 4.78 is 36.1. The van der Waals surface area contributed by atoms with Crippen LogP contribution in [0, 0.1) is 5.82 Å². The fourth-order valence-corrected chi connectivity index (χ4v) is 2.37. The number of nitrogens with two attached hydrogens (primary N) is 1. The molecule has 2 aromatic rings. The summed E-state index contributed by atoms with van der Waals surface area (Å²) in [5.74, 6) is -0.653. The molecule has 106 valence electrons. The zero-order chi connectivity index (χ0) is 14.8. The highest BCUT2D eigenvalue weighted by atomic mass is 32.2. The van der Waals surface area contributed by atoms with Crippen molar-refractivity contribution in [1.82, 2.24) is 0 Å². The molecular formula is C14H15FN2O2S. The third-order valence-corrected chi connectivity index (χ3v) is 3.85. The van der Waals surface area contributed by atoms with E-state index in [4.69, 9.17) is 5.14 Å². The third kappa shape index (κ3) is 3.34. The molecule has 0 spiro atoms. The number of sulfonamides is 1. The van der Waals surface area contributed by atoms with E-state index in [2.05, 4.69) is 5.32 Å². The predicted molar refractivity (Wildman–Crippen MR) is 76.3 cm³/mol. The van der Waals surface area contributed by atoms with Crippen molar-refractivity contribution in [3.8, 4) is 0 Å². The highest BCUT2D eigenvalue weighted by molar-refractivity contribution is 7.89. The molecule has 0 bridgehead atoms. The van der Waals surface area contributed by atoms with Crippen molar-refractivity contribution in [3.63, 3.8) is 0 Å². The smallest absolute Gasteiger partial charge is 0.238 e. The molecule has 0 saturated carbocycles. The summed E-state index contributed by atoms with van der Waals surface area (Å²) in [5.41, 5.74) is 1.23. The van der Waals surface area contributed by atoms with Crippen LogP contribution in [-0.2, 0) is 10.0 Å². The Labute approximate surface area is 117 Å². The van der Waals surface area contributed by atoms with E-state index in [9.17, 15) is 12.8 Å². The van der Waals surface area contributed by atoms with Crippen LogP contribution < -0.4 is 10.5 Å². The number of nitrogens with one attached hydrogen (secondary N) is 1. The molecule has 0 fully saturated rings. The van der Waals surface area contributed by atoms with Crippen molar-refractivity contribution in [2.45, 2.75) is 17.9 Å². The third-order valence-electron chi connectivity index (χ3n) is 2.94. The Bertz CT molecular complexity index is 702. The Morgan fingerprint density at radius 3 is 2.35 bits per heavy atom. The Balaban J connectivity index is 2.23. The minimum atomic E-state index is -3.89. The van der Waals surface area contributed by atoms with Gasteiger partial charge in [0.15, 0.2) is 0 Å². The van der Waals surface area contributed by atoms with Crippen LogP contribution in [-0.4, -0.2) is 8.42 Å². The zero-order valence-corrected chi connectivity index (χ0v) is 11.7. The normalized spacial score (nSPS) is 12.9. The van der Waals surface area contributed by atoms with Crippen LogP contribution in [0.4, 0.5) is 10.1 Å². The largest absolute Gasteiger partial charge is 0.376 e. The van der Waals surface area contributed by atoms with Gasteiger partial charge >= 0.3 is 0 Å². The van der Waals surface area contributed by atoms with Gasteiger partial charge in [0.05, 0.1) is 10.6 Å². The van der Waals surface area contributed by atoms with Crippen molar-refractivity contribution in [2.75, 3.05) is 5.32 Å². The van der Waals surface area contributed by atoms with Gasteiger partial charge in [-0.15, -0.1) is 0 Å². The van der Waals surface area contributed by atoms with Crippen molar-refractivity contribution in [2.24, 2.45) is 5.14 Å². The van der Waals surface area contributed by atoms with Crippen molar-refractivity contribution in [1.29, 1.82) is 0 Å². The van der Waals surface area contributed by atoms with Crippen LogP contribution in [0.15, 0.2) is 53.4 Å². The maximum atomic E-state index is 13.9. The quantitative estimate of drug-likeness (QED) is 0.910. The first kappa shape index (κ1) is 14.5. The second-order valence-corrected chi connectivity index (χ2v) is 6.02. The van der Waals surface area contributed by atoms with Gasteiger partial charge in [0.25, 0.3) is 0 Å². The molecule has 4 nitrogen and oxygen atoms in total. The number of benzene rings is 2. The number of hydrogen-bond acceptors (Lipinski definition) is 3. The van der Waals surface area contributed by atoms with Crippen LogP contribution in [0.25, 0.3) is 0 Å². The van der Waals surface area contributed by atoms with Gasteiger partial charge < -0.3 is 5.32 Å². The number of rotatable bonds is 4. The van der Waals surface area contributed by atoms with E-state index in [-0.39, 0.29) is 16.6 Å². The van der Waals surface area contributed by atoms with Gasteiger partial charge in [-0.3, -0.25) is 0 Å². The molecule has 3 N–H and O–H groups in total. The standard InChI is InChI=1S/C14H15FN2O2S/c1-10(11-5-3-2-4-6-11)17-14-8-7-12(9-13(14)15)20(16,18)19/h2-10,17H,1H3,(H2,16,18,19). The summed E-state index contributed by atoms with van der Waals surface area (Å²) in [7, 11) is -3.89. The highest BCUT2D eigenvalue weighted by Crippen LogP contribution is 2.23. The van der Waals surface area contributed by atoms with E-state index < -0.39 is 15.8 Å². The molecule has 0 aromatic heterocycles. The maximum absolute atomic E-state index is 13.9. The van der Waals surface area contributed by atoms with Gasteiger partial charge in [-0.1, -0.05) is 30.3 Å². The Morgan fingerprint density at radius 2 is 1.80 bits per heavy atom. The van der Waals surface area contributed by atoms with Gasteiger partial charge in [-0.25, -0.2) is 17.9 Å².